The van der Waals surface area contributed by atoms with Crippen LogP contribution in [0.15, 0.2) is 72.8 Å². The second kappa shape index (κ2) is 10.4. The first-order valence-corrected chi connectivity index (χ1v) is 11.5. The number of hydrogen-bond donors (Lipinski definition) is 0. The van der Waals surface area contributed by atoms with Gasteiger partial charge in [-0.05, 0) is 41.8 Å². The number of methoxy groups -OCH3 is 2. The van der Waals surface area contributed by atoms with E-state index in [-0.39, 0.29) is 18.2 Å². The lowest BCUT2D eigenvalue weighted by Crippen LogP contribution is -2.36. The van der Waals surface area contributed by atoms with Crippen LogP contribution in [-0.4, -0.2) is 42.4 Å². The predicted molar refractivity (Wildman–Crippen MR) is 131 cm³/mol. The number of carbonyl (C=O) groups is 2. The molecule has 0 bridgehead atoms. The van der Waals surface area contributed by atoms with Crippen LogP contribution < -0.4 is 9.47 Å². The first-order chi connectivity index (χ1) is 16.5. The lowest BCUT2D eigenvalue weighted by atomic mass is 10.00. The molecule has 1 heterocycles. The van der Waals surface area contributed by atoms with Crippen molar-refractivity contribution < 1.29 is 19.1 Å². The molecule has 4 rings (SSSR count). The molecule has 0 saturated carbocycles. The van der Waals surface area contributed by atoms with Crippen LogP contribution in [0.5, 0.6) is 11.5 Å². The highest BCUT2D eigenvalue weighted by molar-refractivity contribution is 5.98. The molecule has 0 aromatic heterocycles. The molecule has 6 nitrogen and oxygen atoms in total. The van der Waals surface area contributed by atoms with Crippen LogP contribution in [0.4, 0.5) is 0 Å². The van der Waals surface area contributed by atoms with E-state index >= 15 is 0 Å². The molecule has 1 aliphatic rings. The highest BCUT2D eigenvalue weighted by Crippen LogP contribution is 2.37. The highest BCUT2D eigenvalue weighted by Gasteiger charge is 2.35. The van der Waals surface area contributed by atoms with Crippen molar-refractivity contribution in [2.45, 2.75) is 32.5 Å². The first kappa shape index (κ1) is 23.4. The van der Waals surface area contributed by atoms with Gasteiger partial charge in [0, 0.05) is 25.2 Å². The quantitative estimate of drug-likeness (QED) is 0.460. The van der Waals surface area contributed by atoms with Gasteiger partial charge in [0.15, 0.2) is 11.5 Å². The van der Waals surface area contributed by atoms with E-state index in [0.717, 1.165) is 16.7 Å². The number of carbonyl (C=O) groups excluding carboxylic acids is 2. The molecule has 176 valence electrons. The number of hydrogen-bond acceptors (Lipinski definition) is 4. The summed E-state index contributed by atoms with van der Waals surface area (Å²) in [5, 5.41) is 0. The maximum atomic E-state index is 13.5. The third kappa shape index (κ3) is 4.76. The fraction of sp³-hybridized carbons (Fsp3) is 0.286. The number of amides is 2. The minimum absolute atomic E-state index is 0.00473. The van der Waals surface area contributed by atoms with Gasteiger partial charge < -0.3 is 19.3 Å². The maximum absolute atomic E-state index is 13.5. The molecule has 0 saturated heterocycles. The molecule has 0 aliphatic carbocycles. The Hall–Kier alpha value is -3.80. The summed E-state index contributed by atoms with van der Waals surface area (Å²) in [6, 6.07) is 22.7. The summed E-state index contributed by atoms with van der Waals surface area (Å²) in [6.45, 7) is 3.55. The van der Waals surface area contributed by atoms with Gasteiger partial charge in [-0.25, -0.2) is 0 Å². The van der Waals surface area contributed by atoms with Crippen molar-refractivity contribution in [1.29, 1.82) is 0 Å². The summed E-state index contributed by atoms with van der Waals surface area (Å²) in [7, 11) is 3.17. The fourth-order valence-corrected chi connectivity index (χ4v) is 4.47. The van der Waals surface area contributed by atoms with Gasteiger partial charge in [-0.3, -0.25) is 9.59 Å². The van der Waals surface area contributed by atoms with Gasteiger partial charge in [0.2, 0.25) is 5.91 Å². The SMILES string of the molecule is CCN(Cc1ccccc1)C(=O)C[C@@H](c1ccc(OC)c(OC)c1)N1Cc2ccccc2C1=O. The van der Waals surface area contributed by atoms with Crippen molar-refractivity contribution in [1.82, 2.24) is 9.80 Å². The smallest absolute Gasteiger partial charge is 0.255 e. The molecule has 0 radical (unpaired) electrons. The Labute approximate surface area is 200 Å². The number of fused-ring (bicyclic) bond motifs is 1. The van der Waals surface area contributed by atoms with Gasteiger partial charge in [0.05, 0.1) is 26.7 Å². The van der Waals surface area contributed by atoms with E-state index < -0.39 is 6.04 Å². The van der Waals surface area contributed by atoms with Crippen LogP contribution in [0.3, 0.4) is 0 Å². The van der Waals surface area contributed by atoms with Crippen LogP contribution in [-0.2, 0) is 17.9 Å². The van der Waals surface area contributed by atoms with E-state index in [1.165, 1.54) is 0 Å². The van der Waals surface area contributed by atoms with Crippen molar-refractivity contribution >= 4 is 11.8 Å². The first-order valence-electron chi connectivity index (χ1n) is 11.5. The highest BCUT2D eigenvalue weighted by atomic mass is 16.5. The summed E-state index contributed by atoms with van der Waals surface area (Å²) in [4.78, 5) is 30.5. The molecule has 0 unspecified atom stereocenters. The van der Waals surface area contributed by atoms with Crippen LogP contribution in [0.2, 0.25) is 0 Å². The van der Waals surface area contributed by atoms with Crippen LogP contribution >= 0.6 is 0 Å². The van der Waals surface area contributed by atoms with Crippen molar-refractivity contribution in [3.63, 3.8) is 0 Å². The lowest BCUT2D eigenvalue weighted by Gasteiger charge is -2.31. The monoisotopic (exact) mass is 458 g/mol. The summed E-state index contributed by atoms with van der Waals surface area (Å²) >= 11 is 0. The molecule has 6 heteroatoms. The Morgan fingerprint density at radius 2 is 1.68 bits per heavy atom. The van der Waals surface area contributed by atoms with Crippen LogP contribution in [0.1, 0.15) is 46.4 Å². The van der Waals surface area contributed by atoms with E-state index in [0.29, 0.717) is 36.7 Å². The van der Waals surface area contributed by atoms with E-state index in [9.17, 15) is 9.59 Å². The van der Waals surface area contributed by atoms with E-state index in [4.69, 9.17) is 9.47 Å². The molecule has 1 atom stereocenters. The Kier molecular flexibility index (Phi) is 7.16. The Morgan fingerprint density at radius 3 is 2.35 bits per heavy atom. The normalized spacial score (nSPS) is 13.4. The molecule has 1 aliphatic heterocycles. The largest absolute Gasteiger partial charge is 0.493 e. The number of benzene rings is 3. The molecule has 3 aromatic rings. The average Bonchev–Trinajstić information content (AvgIpc) is 3.22. The second-order valence-corrected chi connectivity index (χ2v) is 8.32. The van der Waals surface area contributed by atoms with Gasteiger partial charge >= 0.3 is 0 Å². The van der Waals surface area contributed by atoms with Crippen molar-refractivity contribution in [3.05, 3.63) is 95.1 Å². The van der Waals surface area contributed by atoms with Crippen molar-refractivity contribution in [2.24, 2.45) is 0 Å². The minimum Gasteiger partial charge on any atom is -0.493 e. The van der Waals surface area contributed by atoms with Crippen LogP contribution in [0.25, 0.3) is 0 Å². The molecule has 34 heavy (non-hydrogen) atoms. The van der Waals surface area contributed by atoms with Crippen LogP contribution in [0, 0.1) is 0 Å². The third-order valence-electron chi connectivity index (χ3n) is 6.34. The summed E-state index contributed by atoms with van der Waals surface area (Å²) in [5.74, 6) is 1.11. The molecule has 0 N–H and O–H groups in total. The second-order valence-electron chi connectivity index (χ2n) is 8.32. The van der Waals surface area contributed by atoms with E-state index in [1.54, 1.807) is 19.1 Å². The fourth-order valence-electron chi connectivity index (χ4n) is 4.47. The van der Waals surface area contributed by atoms with Gasteiger partial charge in [-0.15, -0.1) is 0 Å². The molecule has 0 fully saturated rings. The standard InChI is InChI=1S/C28H30N2O4/c1-4-29(18-20-10-6-5-7-11-20)27(31)17-24(21-14-15-25(33-2)26(16-21)34-3)30-19-22-12-8-9-13-23(22)28(30)32/h5-16,24H,4,17-19H2,1-3H3/t24-/m0/s1. The zero-order chi connectivity index (χ0) is 24.1. The summed E-state index contributed by atoms with van der Waals surface area (Å²) < 4.78 is 10.9. The molecular weight excluding hydrogens is 428 g/mol. The van der Waals surface area contributed by atoms with E-state index in [2.05, 4.69) is 0 Å². The number of rotatable bonds is 9. The summed E-state index contributed by atoms with van der Waals surface area (Å²) in [6.07, 6.45) is 0.176. The van der Waals surface area contributed by atoms with Gasteiger partial charge in [-0.1, -0.05) is 54.6 Å². The van der Waals surface area contributed by atoms with Gasteiger partial charge in [0.1, 0.15) is 0 Å². The van der Waals surface area contributed by atoms with E-state index in [1.807, 2.05) is 84.6 Å². The van der Waals surface area contributed by atoms with Crippen molar-refractivity contribution in [3.8, 4) is 11.5 Å². The number of ether oxygens (including phenoxy) is 2. The lowest BCUT2D eigenvalue weighted by molar-refractivity contribution is -0.132. The Balaban J connectivity index is 1.65. The minimum atomic E-state index is -0.433. The number of nitrogens with zero attached hydrogens (tertiary/aromatic N) is 2. The molecule has 0 spiro atoms. The van der Waals surface area contributed by atoms with Gasteiger partial charge in [0.25, 0.3) is 5.91 Å². The molecular formula is C28H30N2O4. The maximum Gasteiger partial charge on any atom is 0.255 e. The Bertz CT molecular complexity index is 1160. The zero-order valence-corrected chi connectivity index (χ0v) is 19.9. The van der Waals surface area contributed by atoms with Crippen molar-refractivity contribution in [2.75, 3.05) is 20.8 Å². The summed E-state index contributed by atoms with van der Waals surface area (Å²) in [5.41, 5.74) is 3.58. The predicted octanol–water partition coefficient (Wildman–Crippen LogP) is 4.84. The molecule has 3 aromatic carbocycles. The van der Waals surface area contributed by atoms with Gasteiger partial charge in [-0.2, -0.15) is 0 Å². The Morgan fingerprint density at radius 1 is 0.971 bits per heavy atom. The third-order valence-corrected chi connectivity index (χ3v) is 6.34. The zero-order valence-electron chi connectivity index (χ0n) is 19.9. The average molecular weight is 459 g/mol. The topological polar surface area (TPSA) is 59.1 Å². The molecule has 2 amide bonds.